The molecule has 4 N–H and O–H groups in total. The third kappa shape index (κ3) is 5.43. The van der Waals surface area contributed by atoms with Crippen LogP contribution < -0.4 is 21.1 Å². The fourth-order valence-corrected chi connectivity index (χ4v) is 2.82. The first-order valence-electron chi connectivity index (χ1n) is 9.14. The number of ether oxygens (including phenoxy) is 1. The molecule has 1 fully saturated rings. The van der Waals surface area contributed by atoms with Crippen molar-refractivity contribution in [3.8, 4) is 5.75 Å². The molecule has 1 heterocycles. The first-order valence-corrected chi connectivity index (χ1v) is 9.14. The minimum Gasteiger partial charge on any atom is -0.495 e. The highest BCUT2D eigenvalue weighted by molar-refractivity contribution is 5.99. The summed E-state index contributed by atoms with van der Waals surface area (Å²) in [7, 11) is 1.48. The molecule has 0 bridgehead atoms. The number of nitrogens with one attached hydrogen (secondary N) is 2. The maximum Gasteiger partial charge on any atom is 0.253 e. The zero-order valence-electron chi connectivity index (χ0n) is 16.1. The molecule has 2 rings (SSSR count). The zero-order chi connectivity index (χ0) is 20.0. The van der Waals surface area contributed by atoms with E-state index < -0.39 is 11.9 Å². The summed E-state index contributed by atoms with van der Waals surface area (Å²) in [5.74, 6) is -0.469. The van der Waals surface area contributed by atoms with Crippen molar-refractivity contribution < 1.29 is 19.1 Å². The summed E-state index contributed by atoms with van der Waals surface area (Å²) < 4.78 is 5.25. The summed E-state index contributed by atoms with van der Waals surface area (Å²) in [6, 6.07) is 4.25. The maximum absolute atomic E-state index is 12.5. The van der Waals surface area contributed by atoms with Crippen LogP contribution in [0.4, 0.5) is 5.69 Å². The van der Waals surface area contributed by atoms with Gasteiger partial charge in [-0.25, -0.2) is 0 Å². The molecule has 0 aliphatic carbocycles. The van der Waals surface area contributed by atoms with Crippen LogP contribution in [0.5, 0.6) is 5.75 Å². The number of benzene rings is 1. The summed E-state index contributed by atoms with van der Waals surface area (Å²) >= 11 is 0. The van der Waals surface area contributed by atoms with Gasteiger partial charge in [-0.1, -0.05) is 13.8 Å². The predicted molar refractivity (Wildman–Crippen MR) is 103 cm³/mol. The van der Waals surface area contributed by atoms with Crippen molar-refractivity contribution in [2.24, 2.45) is 11.7 Å². The maximum atomic E-state index is 12.5. The molecule has 0 unspecified atom stereocenters. The molecule has 3 amide bonds. The SMILES string of the molecule is COc1ccc(C(=O)N2CCCC2)cc1NC(=O)CNC(=O)[C@@H](N)C(C)C. The Morgan fingerprint density at radius 3 is 2.48 bits per heavy atom. The topological polar surface area (TPSA) is 114 Å². The third-order valence-electron chi connectivity index (χ3n) is 4.56. The third-order valence-corrected chi connectivity index (χ3v) is 4.56. The van der Waals surface area contributed by atoms with E-state index in [1.54, 1.807) is 23.1 Å². The van der Waals surface area contributed by atoms with Crippen molar-refractivity contribution in [1.29, 1.82) is 0 Å². The smallest absolute Gasteiger partial charge is 0.253 e. The Bertz CT molecular complexity index is 699. The Morgan fingerprint density at radius 1 is 1.22 bits per heavy atom. The minimum atomic E-state index is -0.672. The molecule has 148 valence electrons. The first kappa shape index (κ1) is 20.7. The summed E-state index contributed by atoms with van der Waals surface area (Å²) in [6.45, 7) is 4.94. The number of anilines is 1. The lowest BCUT2D eigenvalue weighted by Crippen LogP contribution is -2.46. The second-order valence-electron chi connectivity index (χ2n) is 6.95. The highest BCUT2D eigenvalue weighted by atomic mass is 16.5. The van der Waals surface area contributed by atoms with Crippen LogP contribution in [0.1, 0.15) is 37.0 Å². The van der Waals surface area contributed by atoms with Gasteiger partial charge >= 0.3 is 0 Å². The number of rotatable bonds is 7. The molecular formula is C19H28N4O4. The number of carbonyl (C=O) groups is 3. The fraction of sp³-hybridized carbons (Fsp3) is 0.526. The van der Waals surface area contributed by atoms with Gasteiger partial charge in [0, 0.05) is 18.7 Å². The molecule has 8 nitrogen and oxygen atoms in total. The largest absolute Gasteiger partial charge is 0.495 e. The molecule has 1 atom stereocenters. The van der Waals surface area contributed by atoms with E-state index in [-0.39, 0.29) is 24.3 Å². The highest BCUT2D eigenvalue weighted by Gasteiger charge is 2.21. The van der Waals surface area contributed by atoms with Crippen molar-refractivity contribution in [3.63, 3.8) is 0 Å². The van der Waals surface area contributed by atoms with Gasteiger partial charge in [-0.05, 0) is 37.0 Å². The van der Waals surface area contributed by atoms with Gasteiger partial charge in [0.05, 0.1) is 25.4 Å². The van der Waals surface area contributed by atoms with Crippen LogP contribution in [0, 0.1) is 5.92 Å². The second-order valence-corrected chi connectivity index (χ2v) is 6.95. The number of likely N-dealkylation sites (tertiary alicyclic amines) is 1. The summed E-state index contributed by atoms with van der Waals surface area (Å²) in [5.41, 5.74) is 6.62. The minimum absolute atomic E-state index is 0.0264. The Labute approximate surface area is 159 Å². The lowest BCUT2D eigenvalue weighted by Gasteiger charge is -2.18. The van der Waals surface area contributed by atoms with E-state index in [9.17, 15) is 14.4 Å². The Kier molecular flexibility index (Phi) is 7.18. The standard InChI is InChI=1S/C19H28N4O4/c1-12(2)17(20)18(25)21-11-16(24)22-14-10-13(6-7-15(14)27-3)19(26)23-8-4-5-9-23/h6-7,10,12,17H,4-5,8-9,11,20H2,1-3H3,(H,21,25)(H,22,24)/t17-/m0/s1. The molecule has 1 aromatic rings. The summed E-state index contributed by atoms with van der Waals surface area (Å²) in [4.78, 5) is 38.4. The number of nitrogens with zero attached hydrogens (tertiary/aromatic N) is 1. The Balaban J connectivity index is 2.03. The van der Waals surface area contributed by atoms with Crippen molar-refractivity contribution in [2.45, 2.75) is 32.7 Å². The number of carbonyl (C=O) groups excluding carboxylic acids is 3. The van der Waals surface area contributed by atoms with E-state index in [1.807, 2.05) is 13.8 Å². The van der Waals surface area contributed by atoms with E-state index >= 15 is 0 Å². The van der Waals surface area contributed by atoms with Gasteiger partial charge < -0.3 is 26.0 Å². The van der Waals surface area contributed by atoms with E-state index in [4.69, 9.17) is 10.5 Å². The molecule has 1 saturated heterocycles. The van der Waals surface area contributed by atoms with Crippen LogP contribution >= 0.6 is 0 Å². The molecule has 0 radical (unpaired) electrons. The second kappa shape index (κ2) is 9.36. The van der Waals surface area contributed by atoms with Gasteiger partial charge in [-0.3, -0.25) is 14.4 Å². The van der Waals surface area contributed by atoms with Gasteiger partial charge in [0.2, 0.25) is 11.8 Å². The normalized spacial score (nSPS) is 14.8. The molecule has 0 aromatic heterocycles. The lowest BCUT2D eigenvalue weighted by atomic mass is 10.1. The number of nitrogens with two attached hydrogens (primary N) is 1. The predicted octanol–water partition coefficient (Wildman–Crippen LogP) is 0.969. The van der Waals surface area contributed by atoms with E-state index in [1.165, 1.54) is 7.11 Å². The van der Waals surface area contributed by atoms with Crippen molar-refractivity contribution in [3.05, 3.63) is 23.8 Å². The molecule has 1 aliphatic rings. The van der Waals surface area contributed by atoms with Gasteiger partial charge in [-0.2, -0.15) is 0 Å². The summed E-state index contributed by atoms with van der Waals surface area (Å²) in [6.07, 6.45) is 2.01. The Morgan fingerprint density at radius 2 is 1.89 bits per heavy atom. The van der Waals surface area contributed by atoms with Crippen molar-refractivity contribution in [1.82, 2.24) is 10.2 Å². The molecule has 27 heavy (non-hydrogen) atoms. The van der Waals surface area contributed by atoms with E-state index in [0.29, 0.717) is 17.0 Å². The number of hydrogen-bond acceptors (Lipinski definition) is 5. The molecule has 0 saturated carbocycles. The van der Waals surface area contributed by atoms with Gasteiger partial charge in [0.25, 0.3) is 5.91 Å². The zero-order valence-corrected chi connectivity index (χ0v) is 16.1. The quantitative estimate of drug-likeness (QED) is 0.656. The molecule has 0 spiro atoms. The lowest BCUT2D eigenvalue weighted by molar-refractivity contribution is -0.125. The van der Waals surface area contributed by atoms with Crippen LogP contribution in [0.25, 0.3) is 0 Å². The highest BCUT2D eigenvalue weighted by Crippen LogP contribution is 2.26. The van der Waals surface area contributed by atoms with Gasteiger partial charge in [0.1, 0.15) is 5.75 Å². The monoisotopic (exact) mass is 376 g/mol. The molecule has 1 aromatic carbocycles. The van der Waals surface area contributed by atoms with Crippen molar-refractivity contribution >= 4 is 23.4 Å². The van der Waals surface area contributed by atoms with Gasteiger partial charge in [-0.15, -0.1) is 0 Å². The van der Waals surface area contributed by atoms with Crippen LogP contribution in [0.15, 0.2) is 18.2 Å². The first-order chi connectivity index (χ1) is 12.8. The van der Waals surface area contributed by atoms with Gasteiger partial charge in [0.15, 0.2) is 0 Å². The van der Waals surface area contributed by atoms with Crippen LogP contribution in [0.2, 0.25) is 0 Å². The number of methoxy groups -OCH3 is 1. The average molecular weight is 376 g/mol. The number of amides is 3. The molecule has 1 aliphatic heterocycles. The Hall–Kier alpha value is -2.61. The average Bonchev–Trinajstić information content (AvgIpc) is 3.19. The number of hydrogen-bond donors (Lipinski definition) is 3. The fourth-order valence-electron chi connectivity index (χ4n) is 2.82. The van der Waals surface area contributed by atoms with Crippen LogP contribution in [-0.2, 0) is 9.59 Å². The molecule has 8 heteroatoms. The van der Waals surface area contributed by atoms with E-state index in [2.05, 4.69) is 10.6 Å². The van der Waals surface area contributed by atoms with E-state index in [0.717, 1.165) is 25.9 Å². The summed E-state index contributed by atoms with van der Waals surface area (Å²) in [5, 5.41) is 5.19. The molecular weight excluding hydrogens is 348 g/mol. The van der Waals surface area contributed by atoms with Crippen LogP contribution in [0.3, 0.4) is 0 Å². The van der Waals surface area contributed by atoms with Crippen molar-refractivity contribution in [2.75, 3.05) is 32.1 Å². The van der Waals surface area contributed by atoms with Crippen LogP contribution in [-0.4, -0.2) is 55.4 Å².